The first-order chi connectivity index (χ1) is 9.02. The molecule has 5 nitrogen and oxygen atoms in total. The number of hydrogen-bond donors (Lipinski definition) is 1. The Morgan fingerprint density at radius 2 is 2.11 bits per heavy atom. The summed E-state index contributed by atoms with van der Waals surface area (Å²) in [7, 11) is 5.00. The van der Waals surface area contributed by atoms with Crippen molar-refractivity contribution in [3.63, 3.8) is 0 Å². The van der Waals surface area contributed by atoms with E-state index in [9.17, 15) is 9.59 Å². The fourth-order valence-electron chi connectivity index (χ4n) is 1.39. The molecular formula is C14H18N2O3. The Kier molecular flexibility index (Phi) is 5.60. The molecule has 0 aliphatic carbocycles. The number of nitrogens with one attached hydrogen (secondary N) is 1. The van der Waals surface area contributed by atoms with E-state index in [2.05, 4.69) is 10.1 Å². The quantitative estimate of drug-likeness (QED) is 0.649. The van der Waals surface area contributed by atoms with Gasteiger partial charge < -0.3 is 15.0 Å². The largest absolute Gasteiger partial charge is 0.453 e. The maximum Gasteiger partial charge on any atom is 0.407 e. The zero-order valence-electron chi connectivity index (χ0n) is 11.3. The molecule has 0 aromatic heterocycles. The molecule has 0 fully saturated rings. The summed E-state index contributed by atoms with van der Waals surface area (Å²) in [6, 6.07) is 7.11. The molecule has 0 unspecified atom stereocenters. The second kappa shape index (κ2) is 7.20. The Bertz CT molecular complexity index is 481. The fourth-order valence-corrected chi connectivity index (χ4v) is 1.39. The lowest BCUT2D eigenvalue weighted by Gasteiger charge is -2.06. The summed E-state index contributed by atoms with van der Waals surface area (Å²) in [5.74, 6) is -0.0754. The van der Waals surface area contributed by atoms with Gasteiger partial charge in [-0.25, -0.2) is 4.79 Å². The molecule has 0 bridgehead atoms. The lowest BCUT2D eigenvalue weighted by Crippen LogP contribution is -2.22. The minimum atomic E-state index is -0.496. The zero-order chi connectivity index (χ0) is 14.3. The molecule has 19 heavy (non-hydrogen) atoms. The molecule has 1 rings (SSSR count). The highest BCUT2D eigenvalue weighted by atomic mass is 16.5. The van der Waals surface area contributed by atoms with Crippen molar-refractivity contribution >= 4 is 11.9 Å². The van der Waals surface area contributed by atoms with Gasteiger partial charge in [-0.2, -0.15) is 0 Å². The van der Waals surface area contributed by atoms with Crippen LogP contribution in [0, 0.1) is 0 Å². The van der Waals surface area contributed by atoms with Gasteiger partial charge in [0.15, 0.2) is 5.78 Å². The van der Waals surface area contributed by atoms with Crippen molar-refractivity contribution in [1.29, 1.82) is 0 Å². The molecular weight excluding hydrogens is 244 g/mol. The average Bonchev–Trinajstić information content (AvgIpc) is 2.42. The summed E-state index contributed by atoms with van der Waals surface area (Å²) in [4.78, 5) is 24.6. The first-order valence-electron chi connectivity index (χ1n) is 5.82. The van der Waals surface area contributed by atoms with Crippen molar-refractivity contribution in [3.8, 4) is 0 Å². The van der Waals surface area contributed by atoms with Crippen LogP contribution >= 0.6 is 0 Å². The van der Waals surface area contributed by atoms with Crippen LogP contribution < -0.4 is 5.32 Å². The summed E-state index contributed by atoms with van der Waals surface area (Å²) in [6.07, 6.45) is 2.71. The van der Waals surface area contributed by atoms with E-state index in [4.69, 9.17) is 0 Å². The molecule has 0 heterocycles. The number of nitrogens with zero attached hydrogens (tertiary/aromatic N) is 1. The standard InChI is InChI=1S/C14H18N2O3/c1-16(2)8-7-13(17)12-6-4-5-11(9-12)10-15-14(18)19-3/h4-9H,10H2,1-3H3,(H,15,18). The molecule has 1 aromatic carbocycles. The van der Waals surface area contributed by atoms with E-state index in [1.165, 1.54) is 13.2 Å². The highest BCUT2D eigenvalue weighted by Gasteiger charge is 2.04. The number of methoxy groups -OCH3 is 1. The van der Waals surface area contributed by atoms with Gasteiger partial charge in [-0.1, -0.05) is 18.2 Å². The van der Waals surface area contributed by atoms with Crippen LogP contribution in [0.1, 0.15) is 15.9 Å². The lowest BCUT2D eigenvalue weighted by atomic mass is 10.1. The van der Waals surface area contributed by atoms with Gasteiger partial charge in [-0.05, 0) is 11.6 Å². The van der Waals surface area contributed by atoms with Gasteiger partial charge >= 0.3 is 6.09 Å². The number of rotatable bonds is 5. The zero-order valence-corrected chi connectivity index (χ0v) is 11.3. The molecule has 0 atom stereocenters. The molecule has 1 aromatic rings. The third kappa shape index (κ3) is 5.25. The van der Waals surface area contributed by atoms with Gasteiger partial charge in [-0.15, -0.1) is 0 Å². The second-order valence-corrected chi connectivity index (χ2v) is 4.19. The number of amides is 1. The molecule has 0 saturated heterocycles. The number of allylic oxidation sites excluding steroid dienone is 1. The van der Waals surface area contributed by atoms with Crippen LogP contribution in [0.5, 0.6) is 0 Å². The third-order valence-electron chi connectivity index (χ3n) is 2.36. The van der Waals surface area contributed by atoms with Gasteiger partial charge in [0.2, 0.25) is 0 Å². The summed E-state index contributed by atoms with van der Waals surface area (Å²) in [5.41, 5.74) is 1.43. The minimum Gasteiger partial charge on any atom is -0.453 e. The van der Waals surface area contributed by atoms with E-state index in [1.807, 2.05) is 20.2 Å². The first kappa shape index (κ1) is 14.8. The SMILES string of the molecule is COC(=O)NCc1cccc(C(=O)C=CN(C)C)c1. The summed E-state index contributed by atoms with van der Waals surface area (Å²) in [5, 5.41) is 2.57. The topological polar surface area (TPSA) is 58.6 Å². The molecule has 0 spiro atoms. The Balaban J connectivity index is 2.71. The highest BCUT2D eigenvalue weighted by molar-refractivity contribution is 6.04. The van der Waals surface area contributed by atoms with Gasteiger partial charge in [0.1, 0.15) is 0 Å². The maximum absolute atomic E-state index is 11.9. The second-order valence-electron chi connectivity index (χ2n) is 4.19. The van der Waals surface area contributed by atoms with Crippen molar-refractivity contribution < 1.29 is 14.3 Å². The molecule has 0 aliphatic heterocycles. The Hall–Kier alpha value is -2.30. The predicted octanol–water partition coefficient (Wildman–Crippen LogP) is 1.80. The van der Waals surface area contributed by atoms with Crippen LogP contribution in [0.25, 0.3) is 0 Å². The van der Waals surface area contributed by atoms with E-state index in [0.29, 0.717) is 12.1 Å². The van der Waals surface area contributed by atoms with Crippen LogP contribution in [0.15, 0.2) is 36.5 Å². The van der Waals surface area contributed by atoms with Crippen LogP contribution in [-0.4, -0.2) is 38.0 Å². The lowest BCUT2D eigenvalue weighted by molar-refractivity contribution is 0.104. The summed E-state index contributed by atoms with van der Waals surface area (Å²) >= 11 is 0. The van der Waals surface area contributed by atoms with Crippen molar-refractivity contribution in [2.45, 2.75) is 6.54 Å². The number of alkyl carbamates (subject to hydrolysis) is 1. The van der Waals surface area contributed by atoms with Crippen molar-refractivity contribution in [2.24, 2.45) is 0 Å². The predicted molar refractivity (Wildman–Crippen MR) is 72.8 cm³/mol. The molecule has 1 N–H and O–H groups in total. The van der Waals surface area contributed by atoms with Gasteiger partial charge in [0.25, 0.3) is 0 Å². The number of carbonyl (C=O) groups is 2. The van der Waals surface area contributed by atoms with Gasteiger partial charge in [0.05, 0.1) is 7.11 Å². The van der Waals surface area contributed by atoms with E-state index in [1.54, 1.807) is 29.3 Å². The molecule has 5 heteroatoms. The normalized spacial score (nSPS) is 10.3. The fraction of sp³-hybridized carbons (Fsp3) is 0.286. The molecule has 0 saturated carbocycles. The van der Waals surface area contributed by atoms with Crippen LogP contribution in [-0.2, 0) is 11.3 Å². The van der Waals surface area contributed by atoms with E-state index in [0.717, 1.165) is 5.56 Å². The number of ketones is 1. The molecule has 102 valence electrons. The minimum absolute atomic E-state index is 0.0754. The number of ether oxygens (including phenoxy) is 1. The van der Waals surface area contributed by atoms with Crippen LogP contribution in [0.2, 0.25) is 0 Å². The van der Waals surface area contributed by atoms with E-state index in [-0.39, 0.29) is 5.78 Å². The van der Waals surface area contributed by atoms with E-state index >= 15 is 0 Å². The Morgan fingerprint density at radius 1 is 1.37 bits per heavy atom. The van der Waals surface area contributed by atoms with Gasteiger partial charge in [0, 0.05) is 38.5 Å². The first-order valence-corrected chi connectivity index (χ1v) is 5.82. The maximum atomic E-state index is 11.9. The molecule has 0 aliphatic rings. The third-order valence-corrected chi connectivity index (χ3v) is 2.36. The number of carbonyl (C=O) groups excluding carboxylic acids is 2. The monoisotopic (exact) mass is 262 g/mol. The summed E-state index contributed by atoms with van der Waals surface area (Å²) in [6.45, 7) is 0.325. The summed E-state index contributed by atoms with van der Waals surface area (Å²) < 4.78 is 4.48. The van der Waals surface area contributed by atoms with Crippen LogP contribution in [0.4, 0.5) is 4.79 Å². The Labute approximate surface area is 112 Å². The molecule has 0 radical (unpaired) electrons. The average molecular weight is 262 g/mol. The smallest absolute Gasteiger partial charge is 0.407 e. The van der Waals surface area contributed by atoms with Crippen molar-refractivity contribution in [3.05, 3.63) is 47.7 Å². The number of hydrogen-bond acceptors (Lipinski definition) is 4. The van der Waals surface area contributed by atoms with Crippen LogP contribution in [0.3, 0.4) is 0 Å². The number of benzene rings is 1. The highest BCUT2D eigenvalue weighted by Crippen LogP contribution is 2.07. The molecule has 1 amide bonds. The van der Waals surface area contributed by atoms with Gasteiger partial charge in [-0.3, -0.25) is 4.79 Å². The Morgan fingerprint density at radius 3 is 2.74 bits per heavy atom. The van der Waals surface area contributed by atoms with Crippen molar-refractivity contribution in [1.82, 2.24) is 10.2 Å². The van der Waals surface area contributed by atoms with Crippen molar-refractivity contribution in [2.75, 3.05) is 21.2 Å². The van der Waals surface area contributed by atoms with E-state index < -0.39 is 6.09 Å².